The summed E-state index contributed by atoms with van der Waals surface area (Å²) in [5.74, 6) is -1.39. The third-order valence-corrected chi connectivity index (χ3v) is 2.36. The molecule has 1 heterocycles. The molecule has 1 N–H and O–H groups in total. The van der Waals surface area contributed by atoms with Crippen molar-refractivity contribution in [2.24, 2.45) is 7.05 Å². The molecule has 0 saturated carbocycles. The van der Waals surface area contributed by atoms with Gasteiger partial charge in [0.2, 0.25) is 0 Å². The molecule has 0 radical (unpaired) electrons. The summed E-state index contributed by atoms with van der Waals surface area (Å²) in [4.78, 5) is 21.7. The minimum absolute atomic E-state index is 0.235. The fourth-order valence-electron chi connectivity index (χ4n) is 1.47. The predicted molar refractivity (Wildman–Crippen MR) is 64.2 cm³/mol. The van der Waals surface area contributed by atoms with Crippen LogP contribution in [-0.2, 0) is 7.05 Å². The second kappa shape index (κ2) is 4.84. The fourth-order valence-corrected chi connectivity index (χ4v) is 1.47. The maximum absolute atomic E-state index is 13.5. The first-order valence-corrected chi connectivity index (χ1v) is 5.22. The number of amides is 1. The Morgan fingerprint density at radius 2 is 2.21 bits per heavy atom. The summed E-state index contributed by atoms with van der Waals surface area (Å²) in [5.41, 5.74) is -0.757. The van der Waals surface area contributed by atoms with Crippen LogP contribution < -0.4 is 5.32 Å². The Hall–Kier alpha value is -2.77. The predicted octanol–water partition coefficient (Wildman–Crippen LogP) is 1.72. The van der Waals surface area contributed by atoms with Crippen LogP contribution in [0.3, 0.4) is 0 Å². The number of non-ortho nitro benzene ring substituents is 1. The van der Waals surface area contributed by atoms with Gasteiger partial charge in [-0.05, 0) is 6.07 Å². The Bertz CT molecular complexity index is 653. The van der Waals surface area contributed by atoms with E-state index >= 15 is 0 Å². The van der Waals surface area contributed by atoms with E-state index in [-0.39, 0.29) is 11.5 Å². The van der Waals surface area contributed by atoms with Gasteiger partial charge in [0.05, 0.1) is 10.5 Å². The van der Waals surface area contributed by atoms with Crippen molar-refractivity contribution >= 4 is 17.4 Å². The Morgan fingerprint density at radius 1 is 1.47 bits per heavy atom. The number of carbonyl (C=O) groups excluding carboxylic acids is 1. The second-order valence-electron chi connectivity index (χ2n) is 3.75. The van der Waals surface area contributed by atoms with Gasteiger partial charge in [0.1, 0.15) is 5.82 Å². The highest BCUT2D eigenvalue weighted by Crippen LogP contribution is 2.17. The van der Waals surface area contributed by atoms with Crippen molar-refractivity contribution in [1.29, 1.82) is 0 Å². The minimum Gasteiger partial charge on any atom is -0.305 e. The van der Waals surface area contributed by atoms with Crippen LogP contribution in [0.1, 0.15) is 10.4 Å². The van der Waals surface area contributed by atoms with E-state index < -0.39 is 22.2 Å². The van der Waals surface area contributed by atoms with Gasteiger partial charge in [0.15, 0.2) is 5.82 Å². The molecule has 8 heteroatoms. The topological polar surface area (TPSA) is 90.1 Å². The molecule has 0 unspecified atom stereocenters. The number of hydrogen-bond donors (Lipinski definition) is 1. The number of carbonyl (C=O) groups is 1. The summed E-state index contributed by atoms with van der Waals surface area (Å²) in [6.45, 7) is 0. The summed E-state index contributed by atoms with van der Waals surface area (Å²) in [5, 5.41) is 16.8. The van der Waals surface area contributed by atoms with E-state index in [9.17, 15) is 19.3 Å². The number of aromatic nitrogens is 2. The van der Waals surface area contributed by atoms with Gasteiger partial charge < -0.3 is 5.32 Å². The van der Waals surface area contributed by atoms with E-state index in [1.54, 1.807) is 13.2 Å². The number of anilines is 1. The molecule has 1 aromatic heterocycles. The Kier molecular flexibility index (Phi) is 3.23. The number of nitrogens with one attached hydrogen (secondary N) is 1. The van der Waals surface area contributed by atoms with Crippen LogP contribution in [0.15, 0.2) is 30.5 Å². The van der Waals surface area contributed by atoms with E-state index in [4.69, 9.17) is 0 Å². The van der Waals surface area contributed by atoms with E-state index in [2.05, 4.69) is 10.4 Å². The SMILES string of the molecule is Cn1ccc(NC(=O)c2cc([N+](=O)[O-])ccc2F)n1. The van der Waals surface area contributed by atoms with Gasteiger partial charge in [-0.3, -0.25) is 19.6 Å². The number of aryl methyl sites for hydroxylation is 1. The van der Waals surface area contributed by atoms with E-state index in [0.29, 0.717) is 0 Å². The Balaban J connectivity index is 2.27. The van der Waals surface area contributed by atoms with Gasteiger partial charge in [-0.1, -0.05) is 0 Å². The third-order valence-electron chi connectivity index (χ3n) is 2.36. The van der Waals surface area contributed by atoms with Crippen LogP contribution in [0.25, 0.3) is 0 Å². The van der Waals surface area contributed by atoms with E-state index in [1.807, 2.05) is 0 Å². The second-order valence-corrected chi connectivity index (χ2v) is 3.75. The average molecular weight is 264 g/mol. The summed E-state index contributed by atoms with van der Waals surface area (Å²) in [7, 11) is 1.66. The molecule has 0 fully saturated rings. The largest absolute Gasteiger partial charge is 0.305 e. The zero-order valence-corrected chi connectivity index (χ0v) is 9.83. The zero-order valence-electron chi connectivity index (χ0n) is 9.83. The fraction of sp³-hybridized carbons (Fsp3) is 0.0909. The number of rotatable bonds is 3. The Labute approximate surface area is 106 Å². The number of benzene rings is 1. The Morgan fingerprint density at radius 3 is 2.79 bits per heavy atom. The van der Waals surface area contributed by atoms with Gasteiger partial charge in [-0.25, -0.2) is 4.39 Å². The maximum atomic E-state index is 13.5. The molecule has 0 aliphatic rings. The van der Waals surface area contributed by atoms with Crippen molar-refractivity contribution in [1.82, 2.24) is 9.78 Å². The molecule has 0 saturated heterocycles. The number of halogens is 1. The standard InChI is InChI=1S/C11H9FN4O3/c1-15-5-4-10(14-15)13-11(17)8-6-7(16(18)19)2-3-9(8)12/h2-6H,1H3,(H,13,14,17). The lowest BCUT2D eigenvalue weighted by atomic mass is 10.1. The van der Waals surface area contributed by atoms with Crippen molar-refractivity contribution < 1.29 is 14.1 Å². The smallest absolute Gasteiger partial charge is 0.270 e. The van der Waals surface area contributed by atoms with Crippen LogP contribution in [0.2, 0.25) is 0 Å². The monoisotopic (exact) mass is 264 g/mol. The van der Waals surface area contributed by atoms with Gasteiger partial charge >= 0.3 is 0 Å². The van der Waals surface area contributed by atoms with Gasteiger partial charge in [0.25, 0.3) is 11.6 Å². The van der Waals surface area contributed by atoms with Crippen LogP contribution >= 0.6 is 0 Å². The lowest BCUT2D eigenvalue weighted by Crippen LogP contribution is -2.14. The molecule has 19 heavy (non-hydrogen) atoms. The van der Waals surface area contributed by atoms with Crippen molar-refractivity contribution in [2.45, 2.75) is 0 Å². The molecule has 0 spiro atoms. The maximum Gasteiger partial charge on any atom is 0.270 e. The normalized spacial score (nSPS) is 10.2. The highest BCUT2D eigenvalue weighted by molar-refractivity contribution is 6.04. The molecule has 2 rings (SSSR count). The highest BCUT2D eigenvalue weighted by Gasteiger charge is 2.17. The first-order chi connectivity index (χ1) is 8.97. The third kappa shape index (κ3) is 2.73. The van der Waals surface area contributed by atoms with Crippen LogP contribution in [-0.4, -0.2) is 20.6 Å². The minimum atomic E-state index is -0.834. The first-order valence-electron chi connectivity index (χ1n) is 5.22. The van der Waals surface area contributed by atoms with E-state index in [1.165, 1.54) is 10.7 Å². The molecule has 1 aromatic carbocycles. The molecule has 7 nitrogen and oxygen atoms in total. The van der Waals surface area contributed by atoms with E-state index in [0.717, 1.165) is 18.2 Å². The van der Waals surface area contributed by atoms with Crippen molar-refractivity contribution in [2.75, 3.05) is 5.32 Å². The van der Waals surface area contributed by atoms with Gasteiger partial charge in [-0.2, -0.15) is 5.10 Å². The van der Waals surface area contributed by atoms with Crippen molar-refractivity contribution in [3.8, 4) is 0 Å². The van der Waals surface area contributed by atoms with Crippen LogP contribution in [0.5, 0.6) is 0 Å². The zero-order chi connectivity index (χ0) is 14.0. The molecule has 0 aliphatic heterocycles. The van der Waals surface area contributed by atoms with Crippen molar-refractivity contribution in [3.05, 3.63) is 52.0 Å². The summed E-state index contributed by atoms with van der Waals surface area (Å²) in [6, 6.07) is 4.28. The molecule has 0 aliphatic carbocycles. The number of nitro groups is 1. The molecular formula is C11H9FN4O3. The van der Waals surface area contributed by atoms with Crippen LogP contribution in [0.4, 0.5) is 15.9 Å². The molecule has 0 bridgehead atoms. The van der Waals surface area contributed by atoms with Crippen molar-refractivity contribution in [3.63, 3.8) is 0 Å². The molecule has 1 amide bonds. The summed E-state index contributed by atoms with van der Waals surface area (Å²) >= 11 is 0. The quantitative estimate of drug-likeness (QED) is 0.675. The van der Waals surface area contributed by atoms with Gasteiger partial charge in [0, 0.05) is 31.4 Å². The van der Waals surface area contributed by atoms with Gasteiger partial charge in [-0.15, -0.1) is 0 Å². The van der Waals surface area contributed by atoms with Crippen LogP contribution in [0, 0.1) is 15.9 Å². The lowest BCUT2D eigenvalue weighted by Gasteiger charge is -2.03. The lowest BCUT2D eigenvalue weighted by molar-refractivity contribution is -0.384. The molecule has 0 atom stereocenters. The average Bonchev–Trinajstić information content (AvgIpc) is 2.74. The first kappa shape index (κ1) is 12.7. The summed E-state index contributed by atoms with van der Waals surface area (Å²) < 4.78 is 14.9. The highest BCUT2D eigenvalue weighted by atomic mass is 19.1. The number of hydrogen-bond acceptors (Lipinski definition) is 4. The molecular weight excluding hydrogens is 255 g/mol. The summed E-state index contributed by atoms with van der Waals surface area (Å²) in [6.07, 6.45) is 1.60. The number of nitrogens with zero attached hydrogens (tertiary/aromatic N) is 3. The molecule has 98 valence electrons. The molecule has 2 aromatic rings. The number of nitro benzene ring substituents is 1.